The number of halogens is 1. The smallest absolute Gasteiger partial charge is 0.261 e. The van der Waals surface area contributed by atoms with Crippen molar-refractivity contribution in [1.82, 2.24) is 10.3 Å². The first kappa shape index (κ1) is 20.4. The van der Waals surface area contributed by atoms with Crippen molar-refractivity contribution < 1.29 is 17.9 Å². The lowest BCUT2D eigenvalue weighted by atomic mass is 10.2. The third-order valence-electron chi connectivity index (χ3n) is 4.36. The molecule has 9 heteroatoms. The largest absolute Gasteiger partial charge is 0.439 e. The quantitative estimate of drug-likeness (QED) is 0.516. The van der Waals surface area contributed by atoms with Gasteiger partial charge in [-0.25, -0.2) is 13.4 Å². The molecule has 2 aromatic carbocycles. The second-order valence-electron chi connectivity index (χ2n) is 6.82. The molecular formula is C21H18BrN3O4S. The van der Waals surface area contributed by atoms with Crippen LogP contribution in [-0.2, 0) is 10.0 Å². The SMILES string of the molecule is O=C(NC1CC1)c1ccc(Oc2ccc(NS(=O)(=O)c3ccc(Br)cc3)cc2)nc1. The molecule has 0 bridgehead atoms. The zero-order chi connectivity index (χ0) is 21.1. The maximum absolute atomic E-state index is 12.4. The van der Waals surface area contributed by atoms with Gasteiger partial charge < -0.3 is 10.1 Å². The average Bonchev–Trinajstić information content (AvgIpc) is 3.54. The summed E-state index contributed by atoms with van der Waals surface area (Å²) in [5, 5.41) is 2.90. The van der Waals surface area contributed by atoms with E-state index in [0.29, 0.717) is 22.9 Å². The monoisotopic (exact) mass is 487 g/mol. The first-order chi connectivity index (χ1) is 14.4. The van der Waals surface area contributed by atoms with E-state index in [1.165, 1.54) is 18.3 Å². The summed E-state index contributed by atoms with van der Waals surface area (Å²) in [6.45, 7) is 0. The molecule has 2 N–H and O–H groups in total. The van der Waals surface area contributed by atoms with Gasteiger partial charge in [0.1, 0.15) is 5.75 Å². The van der Waals surface area contributed by atoms with Crippen molar-refractivity contribution in [3.05, 3.63) is 76.9 Å². The Kier molecular flexibility index (Phi) is 5.74. The first-order valence-corrected chi connectivity index (χ1v) is 11.5. The molecule has 0 spiro atoms. The van der Waals surface area contributed by atoms with E-state index in [1.54, 1.807) is 48.5 Å². The van der Waals surface area contributed by atoms with Gasteiger partial charge in [-0.15, -0.1) is 0 Å². The van der Waals surface area contributed by atoms with Crippen LogP contribution in [0.2, 0.25) is 0 Å². The minimum Gasteiger partial charge on any atom is -0.439 e. The van der Waals surface area contributed by atoms with Crippen molar-refractivity contribution in [1.29, 1.82) is 0 Å². The molecule has 1 aliphatic carbocycles. The fourth-order valence-corrected chi connectivity index (χ4v) is 3.93. The Morgan fingerprint density at radius 1 is 1.00 bits per heavy atom. The molecule has 7 nitrogen and oxygen atoms in total. The van der Waals surface area contributed by atoms with Gasteiger partial charge >= 0.3 is 0 Å². The second kappa shape index (κ2) is 8.45. The van der Waals surface area contributed by atoms with Gasteiger partial charge in [-0.2, -0.15) is 0 Å². The van der Waals surface area contributed by atoms with Crippen molar-refractivity contribution in [2.45, 2.75) is 23.8 Å². The Bertz CT molecular complexity index is 1140. The van der Waals surface area contributed by atoms with E-state index < -0.39 is 10.0 Å². The Labute approximate surface area is 182 Å². The number of sulfonamides is 1. The molecule has 0 aliphatic heterocycles. The highest BCUT2D eigenvalue weighted by molar-refractivity contribution is 9.10. The predicted molar refractivity (Wildman–Crippen MR) is 116 cm³/mol. The lowest BCUT2D eigenvalue weighted by Gasteiger charge is -2.10. The van der Waals surface area contributed by atoms with Crippen LogP contribution in [0.5, 0.6) is 11.6 Å². The first-order valence-electron chi connectivity index (χ1n) is 9.22. The maximum Gasteiger partial charge on any atom is 0.261 e. The van der Waals surface area contributed by atoms with Crippen LogP contribution in [0.25, 0.3) is 0 Å². The van der Waals surface area contributed by atoms with Crippen LogP contribution < -0.4 is 14.8 Å². The fourth-order valence-electron chi connectivity index (χ4n) is 2.61. The van der Waals surface area contributed by atoms with Gasteiger partial charge in [-0.1, -0.05) is 15.9 Å². The van der Waals surface area contributed by atoms with E-state index in [9.17, 15) is 13.2 Å². The zero-order valence-corrected chi connectivity index (χ0v) is 18.1. The van der Waals surface area contributed by atoms with Gasteiger partial charge in [0, 0.05) is 28.5 Å². The molecule has 0 unspecified atom stereocenters. The van der Waals surface area contributed by atoms with Gasteiger partial charge in [-0.05, 0) is 67.4 Å². The molecule has 0 radical (unpaired) electrons. The molecule has 1 saturated carbocycles. The molecule has 3 aromatic rings. The summed E-state index contributed by atoms with van der Waals surface area (Å²) in [4.78, 5) is 16.3. The highest BCUT2D eigenvalue weighted by atomic mass is 79.9. The number of carbonyl (C=O) groups is 1. The van der Waals surface area contributed by atoms with E-state index in [1.807, 2.05) is 0 Å². The maximum atomic E-state index is 12.4. The molecule has 0 saturated heterocycles. The Hall–Kier alpha value is -2.91. The van der Waals surface area contributed by atoms with Crippen LogP contribution in [0.3, 0.4) is 0 Å². The zero-order valence-electron chi connectivity index (χ0n) is 15.7. The molecule has 1 aromatic heterocycles. The number of pyridine rings is 1. The fraction of sp³-hybridized carbons (Fsp3) is 0.143. The number of ether oxygens (including phenoxy) is 1. The number of rotatable bonds is 7. The molecule has 4 rings (SSSR count). The van der Waals surface area contributed by atoms with Gasteiger partial charge in [0.2, 0.25) is 5.88 Å². The number of aromatic nitrogens is 1. The van der Waals surface area contributed by atoms with Crippen LogP contribution in [0.1, 0.15) is 23.2 Å². The van der Waals surface area contributed by atoms with E-state index >= 15 is 0 Å². The standard InChI is InChI=1S/C21H18BrN3O4S/c22-15-2-10-19(11-3-15)30(27,28)25-17-6-8-18(9-7-17)29-20-12-1-14(13-23-20)21(26)24-16-4-5-16/h1-3,6-13,16,25H,4-5H2,(H,24,26). The average molecular weight is 488 g/mol. The summed E-state index contributed by atoms with van der Waals surface area (Å²) in [6.07, 6.45) is 3.51. The lowest BCUT2D eigenvalue weighted by Crippen LogP contribution is -2.25. The van der Waals surface area contributed by atoms with Crippen LogP contribution >= 0.6 is 15.9 Å². The summed E-state index contributed by atoms with van der Waals surface area (Å²) in [6, 6.07) is 16.4. The van der Waals surface area contributed by atoms with Gasteiger partial charge in [0.25, 0.3) is 15.9 Å². The van der Waals surface area contributed by atoms with Crippen LogP contribution in [0.4, 0.5) is 5.69 Å². The molecule has 0 atom stereocenters. The molecular weight excluding hydrogens is 470 g/mol. The van der Waals surface area contributed by atoms with Gasteiger partial charge in [0.15, 0.2) is 0 Å². The van der Waals surface area contributed by atoms with Gasteiger partial charge in [-0.3, -0.25) is 9.52 Å². The van der Waals surface area contributed by atoms with E-state index in [4.69, 9.17) is 4.74 Å². The third kappa shape index (κ3) is 5.17. The predicted octanol–water partition coefficient (Wildman–Crippen LogP) is 4.33. The molecule has 1 fully saturated rings. The van der Waals surface area contributed by atoms with Crippen molar-refractivity contribution in [3.8, 4) is 11.6 Å². The Morgan fingerprint density at radius 3 is 2.30 bits per heavy atom. The molecule has 30 heavy (non-hydrogen) atoms. The topological polar surface area (TPSA) is 97.4 Å². The number of nitrogens with one attached hydrogen (secondary N) is 2. The highest BCUT2D eigenvalue weighted by Gasteiger charge is 2.23. The number of carbonyl (C=O) groups excluding carboxylic acids is 1. The van der Waals surface area contributed by atoms with Crippen molar-refractivity contribution >= 4 is 37.5 Å². The normalized spacial score (nSPS) is 13.5. The molecule has 1 aliphatic rings. The van der Waals surface area contributed by atoms with Crippen LogP contribution in [-0.4, -0.2) is 25.4 Å². The number of benzene rings is 2. The molecule has 1 amide bonds. The lowest BCUT2D eigenvalue weighted by molar-refractivity contribution is 0.0950. The van der Waals surface area contributed by atoms with Crippen molar-refractivity contribution in [3.63, 3.8) is 0 Å². The Morgan fingerprint density at radius 2 is 1.70 bits per heavy atom. The van der Waals surface area contributed by atoms with Crippen molar-refractivity contribution in [2.24, 2.45) is 0 Å². The summed E-state index contributed by atoms with van der Waals surface area (Å²) in [5.41, 5.74) is 0.886. The summed E-state index contributed by atoms with van der Waals surface area (Å²) in [5.74, 6) is 0.685. The van der Waals surface area contributed by atoms with Crippen molar-refractivity contribution in [2.75, 3.05) is 4.72 Å². The number of anilines is 1. The number of amides is 1. The second-order valence-corrected chi connectivity index (χ2v) is 9.42. The number of nitrogens with zero attached hydrogens (tertiary/aromatic N) is 1. The highest BCUT2D eigenvalue weighted by Crippen LogP contribution is 2.24. The number of hydrogen-bond acceptors (Lipinski definition) is 5. The van der Waals surface area contributed by atoms with E-state index in [2.05, 4.69) is 31.0 Å². The van der Waals surface area contributed by atoms with Crippen LogP contribution in [0.15, 0.2) is 76.2 Å². The summed E-state index contributed by atoms with van der Waals surface area (Å²) >= 11 is 3.28. The summed E-state index contributed by atoms with van der Waals surface area (Å²) in [7, 11) is -3.68. The van der Waals surface area contributed by atoms with Gasteiger partial charge in [0.05, 0.1) is 10.5 Å². The summed E-state index contributed by atoms with van der Waals surface area (Å²) < 4.78 is 33.9. The molecule has 154 valence electrons. The van der Waals surface area contributed by atoms with Crippen LogP contribution in [0, 0.1) is 0 Å². The van der Waals surface area contributed by atoms with E-state index in [0.717, 1.165) is 17.3 Å². The Balaban J connectivity index is 1.38. The van der Waals surface area contributed by atoms with E-state index in [-0.39, 0.29) is 16.8 Å². The number of hydrogen-bond donors (Lipinski definition) is 2. The minimum atomic E-state index is -3.68. The minimum absolute atomic E-state index is 0.140. The third-order valence-corrected chi connectivity index (χ3v) is 6.29. The molecule has 1 heterocycles.